The first-order valence-electron chi connectivity index (χ1n) is 4.66. The second-order valence-corrected chi connectivity index (χ2v) is 4.14. The molecule has 1 amide bonds. The number of carbonyl (C=O) groups excluding carboxylic acids is 1. The van der Waals surface area contributed by atoms with E-state index in [2.05, 4.69) is 38.4 Å². The summed E-state index contributed by atoms with van der Waals surface area (Å²) in [6.45, 7) is 5.96. The molecule has 0 radical (unpaired) electrons. The highest BCUT2D eigenvalue weighted by atomic mass is 32.1. The average Bonchev–Trinajstić information content (AvgIpc) is 2.12. The lowest BCUT2D eigenvalue weighted by Crippen LogP contribution is -2.56. The van der Waals surface area contributed by atoms with Gasteiger partial charge in [0.1, 0.15) is 0 Å². The first-order valence-corrected chi connectivity index (χ1v) is 5.30. The van der Waals surface area contributed by atoms with Gasteiger partial charge < -0.3 is 4.90 Å². The van der Waals surface area contributed by atoms with Crippen LogP contribution in [0.4, 0.5) is 0 Å². The van der Waals surface area contributed by atoms with Crippen molar-refractivity contribution in [1.82, 2.24) is 9.80 Å². The van der Waals surface area contributed by atoms with Crippen LogP contribution < -0.4 is 0 Å². The molecule has 2 atom stereocenters. The molecule has 13 heavy (non-hydrogen) atoms. The third kappa shape index (κ3) is 2.38. The van der Waals surface area contributed by atoms with Gasteiger partial charge in [0.05, 0.1) is 5.75 Å². The van der Waals surface area contributed by atoms with E-state index in [1.807, 2.05) is 4.90 Å². The Morgan fingerprint density at radius 2 is 1.85 bits per heavy atom. The van der Waals surface area contributed by atoms with Crippen molar-refractivity contribution in [2.75, 3.05) is 25.9 Å². The zero-order chi connectivity index (χ0) is 10.0. The molecule has 76 valence electrons. The standard InChI is InChI=1S/C9H18N2OS/c1-7-4-11(9(12)6-13)5-8(2)10(7)3/h7-8,13H,4-6H2,1-3H3. The normalized spacial score (nSPS) is 30.6. The van der Waals surface area contributed by atoms with Crippen molar-refractivity contribution in [3.05, 3.63) is 0 Å². The maximum Gasteiger partial charge on any atom is 0.232 e. The van der Waals surface area contributed by atoms with Crippen LogP contribution in [0.25, 0.3) is 0 Å². The molecule has 1 saturated heterocycles. The summed E-state index contributed by atoms with van der Waals surface area (Å²) in [5.41, 5.74) is 0. The molecule has 1 aliphatic heterocycles. The van der Waals surface area contributed by atoms with E-state index in [4.69, 9.17) is 0 Å². The van der Waals surface area contributed by atoms with E-state index in [0.29, 0.717) is 17.8 Å². The fourth-order valence-corrected chi connectivity index (χ4v) is 1.91. The molecule has 4 heteroatoms. The van der Waals surface area contributed by atoms with Crippen molar-refractivity contribution in [1.29, 1.82) is 0 Å². The van der Waals surface area contributed by atoms with Gasteiger partial charge in [-0.25, -0.2) is 0 Å². The van der Waals surface area contributed by atoms with Gasteiger partial charge in [-0.05, 0) is 20.9 Å². The Bertz CT molecular complexity index is 186. The van der Waals surface area contributed by atoms with Crippen LogP contribution in [0.2, 0.25) is 0 Å². The number of thiol groups is 1. The molecule has 1 fully saturated rings. The molecule has 0 aliphatic carbocycles. The number of nitrogens with zero attached hydrogens (tertiary/aromatic N) is 2. The Balaban J connectivity index is 2.58. The van der Waals surface area contributed by atoms with Crippen molar-refractivity contribution >= 4 is 18.5 Å². The molecule has 0 aromatic heterocycles. The van der Waals surface area contributed by atoms with Gasteiger partial charge in [-0.15, -0.1) is 0 Å². The average molecular weight is 202 g/mol. The van der Waals surface area contributed by atoms with Gasteiger partial charge in [0.2, 0.25) is 5.91 Å². The van der Waals surface area contributed by atoms with Crippen molar-refractivity contribution in [2.45, 2.75) is 25.9 Å². The predicted molar refractivity (Wildman–Crippen MR) is 57.1 cm³/mol. The Labute approximate surface area is 85.5 Å². The van der Waals surface area contributed by atoms with Crippen molar-refractivity contribution in [3.8, 4) is 0 Å². The highest BCUT2D eigenvalue weighted by Crippen LogP contribution is 2.13. The third-order valence-corrected chi connectivity index (χ3v) is 3.12. The molecule has 1 rings (SSSR count). The van der Waals surface area contributed by atoms with Gasteiger partial charge >= 0.3 is 0 Å². The van der Waals surface area contributed by atoms with Crippen LogP contribution in [0.5, 0.6) is 0 Å². The second-order valence-electron chi connectivity index (χ2n) is 3.82. The van der Waals surface area contributed by atoms with Crippen LogP contribution in [-0.2, 0) is 4.79 Å². The van der Waals surface area contributed by atoms with Crippen LogP contribution in [0.3, 0.4) is 0 Å². The number of hydrogen-bond donors (Lipinski definition) is 1. The van der Waals surface area contributed by atoms with Crippen LogP contribution in [0.15, 0.2) is 0 Å². The Hall–Kier alpha value is -0.220. The molecule has 3 nitrogen and oxygen atoms in total. The second kappa shape index (κ2) is 4.33. The highest BCUT2D eigenvalue weighted by molar-refractivity contribution is 7.81. The van der Waals surface area contributed by atoms with Gasteiger partial charge in [0.25, 0.3) is 0 Å². The molecule has 0 aromatic carbocycles. The summed E-state index contributed by atoms with van der Waals surface area (Å²) in [5.74, 6) is 0.471. The van der Waals surface area contributed by atoms with E-state index in [1.54, 1.807) is 0 Å². The lowest BCUT2D eigenvalue weighted by atomic mass is 10.1. The summed E-state index contributed by atoms with van der Waals surface area (Å²) in [7, 11) is 2.11. The van der Waals surface area contributed by atoms with E-state index < -0.39 is 0 Å². The van der Waals surface area contributed by atoms with E-state index >= 15 is 0 Å². The first-order chi connectivity index (χ1) is 6.06. The lowest BCUT2D eigenvalue weighted by Gasteiger charge is -2.42. The van der Waals surface area contributed by atoms with Crippen LogP contribution in [0, 0.1) is 0 Å². The fourth-order valence-electron chi connectivity index (χ4n) is 1.71. The number of likely N-dealkylation sites (N-methyl/N-ethyl adjacent to an activating group) is 1. The van der Waals surface area contributed by atoms with E-state index in [0.717, 1.165) is 13.1 Å². The minimum atomic E-state index is 0.148. The maximum atomic E-state index is 11.4. The number of hydrogen-bond acceptors (Lipinski definition) is 3. The monoisotopic (exact) mass is 202 g/mol. The fraction of sp³-hybridized carbons (Fsp3) is 0.889. The van der Waals surface area contributed by atoms with Crippen LogP contribution in [-0.4, -0.2) is 53.7 Å². The number of carbonyl (C=O) groups is 1. The third-order valence-electron chi connectivity index (χ3n) is 2.85. The van der Waals surface area contributed by atoms with E-state index in [1.165, 1.54) is 0 Å². The Morgan fingerprint density at radius 3 is 2.23 bits per heavy atom. The van der Waals surface area contributed by atoms with Gasteiger partial charge in [0.15, 0.2) is 0 Å². The minimum absolute atomic E-state index is 0.148. The molecule has 1 heterocycles. The predicted octanol–water partition coefficient (Wildman–Crippen LogP) is 0.467. The molecule has 0 saturated carbocycles. The van der Waals surface area contributed by atoms with Crippen LogP contribution >= 0.6 is 12.6 Å². The maximum absolute atomic E-state index is 11.4. The van der Waals surface area contributed by atoms with Gasteiger partial charge in [-0.1, -0.05) is 0 Å². The summed E-state index contributed by atoms with van der Waals surface area (Å²) < 4.78 is 0. The summed E-state index contributed by atoms with van der Waals surface area (Å²) in [6.07, 6.45) is 0. The molecule has 0 spiro atoms. The minimum Gasteiger partial charge on any atom is -0.339 e. The topological polar surface area (TPSA) is 23.6 Å². The summed E-state index contributed by atoms with van der Waals surface area (Å²) >= 11 is 4.00. The van der Waals surface area contributed by atoms with Crippen molar-refractivity contribution < 1.29 is 4.79 Å². The summed E-state index contributed by atoms with van der Waals surface area (Å²) in [6, 6.07) is 0.903. The van der Waals surface area contributed by atoms with E-state index in [9.17, 15) is 4.79 Å². The number of rotatable bonds is 1. The number of piperazine rings is 1. The largest absolute Gasteiger partial charge is 0.339 e. The van der Waals surface area contributed by atoms with E-state index in [-0.39, 0.29) is 5.91 Å². The molecular formula is C9H18N2OS. The van der Waals surface area contributed by atoms with Crippen LogP contribution in [0.1, 0.15) is 13.8 Å². The Morgan fingerprint density at radius 1 is 1.38 bits per heavy atom. The highest BCUT2D eigenvalue weighted by Gasteiger charge is 2.28. The molecule has 0 aromatic rings. The van der Waals surface area contributed by atoms with Gasteiger partial charge in [0, 0.05) is 25.2 Å². The zero-order valence-corrected chi connectivity index (χ0v) is 9.42. The van der Waals surface area contributed by atoms with Gasteiger partial charge in [-0.3, -0.25) is 9.69 Å². The quantitative estimate of drug-likeness (QED) is 0.625. The van der Waals surface area contributed by atoms with Crippen molar-refractivity contribution in [3.63, 3.8) is 0 Å². The molecule has 1 aliphatic rings. The zero-order valence-electron chi connectivity index (χ0n) is 8.53. The molecular weight excluding hydrogens is 184 g/mol. The van der Waals surface area contributed by atoms with Gasteiger partial charge in [-0.2, -0.15) is 12.6 Å². The summed E-state index contributed by atoms with van der Waals surface area (Å²) in [5, 5.41) is 0. The first kappa shape index (κ1) is 10.9. The lowest BCUT2D eigenvalue weighted by molar-refractivity contribution is -0.132. The smallest absolute Gasteiger partial charge is 0.232 e. The Kier molecular flexibility index (Phi) is 3.62. The SMILES string of the molecule is CC1CN(C(=O)CS)CC(C)N1C. The summed E-state index contributed by atoms with van der Waals surface area (Å²) in [4.78, 5) is 15.6. The molecule has 0 bridgehead atoms. The van der Waals surface area contributed by atoms with Crippen molar-refractivity contribution in [2.24, 2.45) is 0 Å². The molecule has 0 N–H and O–H groups in total. The number of amides is 1. The molecule has 2 unspecified atom stereocenters.